The van der Waals surface area contributed by atoms with Crippen LogP contribution in [0.3, 0.4) is 0 Å². The molecule has 108 valence electrons. The summed E-state index contributed by atoms with van der Waals surface area (Å²) in [5.41, 5.74) is 9.35. The lowest BCUT2D eigenvalue weighted by atomic mass is 10.1. The second kappa shape index (κ2) is 5.16. The van der Waals surface area contributed by atoms with Gasteiger partial charge in [0.25, 0.3) is 0 Å². The number of nitrogens with one attached hydrogen (secondary N) is 1. The molecule has 2 aromatic heterocycles. The van der Waals surface area contributed by atoms with Crippen LogP contribution < -0.4 is 11.1 Å². The summed E-state index contributed by atoms with van der Waals surface area (Å²) in [5.74, 6) is 0.658. The van der Waals surface area contributed by atoms with E-state index in [0.29, 0.717) is 11.5 Å². The van der Waals surface area contributed by atoms with Crippen LogP contribution in [-0.2, 0) is 4.79 Å². The summed E-state index contributed by atoms with van der Waals surface area (Å²) in [6, 6.07) is 7.50. The number of hydrogen-bond donors (Lipinski definition) is 2. The summed E-state index contributed by atoms with van der Waals surface area (Å²) in [4.78, 5) is 20.7. The summed E-state index contributed by atoms with van der Waals surface area (Å²) < 4.78 is 0. The SMILES string of the molecule is Cc1ccnc(C2C[C@@H]2C(=O)Nc2cc(C)nc(N)c2)c1. The zero-order chi connectivity index (χ0) is 15.0. The monoisotopic (exact) mass is 282 g/mol. The number of aromatic nitrogens is 2. The molecule has 0 aromatic carbocycles. The number of nitrogens with two attached hydrogens (primary N) is 1. The molecule has 0 saturated heterocycles. The van der Waals surface area contributed by atoms with Gasteiger partial charge >= 0.3 is 0 Å². The first-order chi connectivity index (χ1) is 10.0. The maximum absolute atomic E-state index is 12.3. The predicted molar refractivity (Wildman–Crippen MR) is 81.8 cm³/mol. The smallest absolute Gasteiger partial charge is 0.228 e. The van der Waals surface area contributed by atoms with Crippen molar-refractivity contribution in [2.45, 2.75) is 26.2 Å². The Morgan fingerprint density at radius 2 is 2.14 bits per heavy atom. The third kappa shape index (κ3) is 3.02. The van der Waals surface area contributed by atoms with E-state index < -0.39 is 0 Å². The highest BCUT2D eigenvalue weighted by molar-refractivity contribution is 5.95. The second-order valence-corrected chi connectivity index (χ2v) is 5.62. The topological polar surface area (TPSA) is 80.9 Å². The molecule has 0 aliphatic heterocycles. The number of rotatable bonds is 3. The van der Waals surface area contributed by atoms with Crippen molar-refractivity contribution in [3.63, 3.8) is 0 Å². The molecule has 3 N–H and O–H groups in total. The molecule has 1 aliphatic carbocycles. The lowest BCUT2D eigenvalue weighted by Crippen LogP contribution is -2.15. The fourth-order valence-corrected chi connectivity index (χ4v) is 2.58. The number of amides is 1. The molecule has 0 radical (unpaired) electrons. The molecule has 1 amide bonds. The van der Waals surface area contributed by atoms with Crippen LogP contribution in [0.1, 0.15) is 29.3 Å². The Balaban J connectivity index is 1.68. The number of nitrogen functional groups attached to an aromatic ring is 1. The molecule has 2 aromatic rings. The van der Waals surface area contributed by atoms with Crippen molar-refractivity contribution in [2.24, 2.45) is 5.92 Å². The number of carbonyl (C=O) groups is 1. The highest BCUT2D eigenvalue weighted by Gasteiger charge is 2.44. The molecule has 0 bridgehead atoms. The third-order valence-electron chi connectivity index (χ3n) is 3.68. The molecule has 21 heavy (non-hydrogen) atoms. The lowest BCUT2D eigenvalue weighted by molar-refractivity contribution is -0.117. The van der Waals surface area contributed by atoms with E-state index >= 15 is 0 Å². The number of nitrogens with zero attached hydrogens (tertiary/aromatic N) is 2. The Hall–Kier alpha value is -2.43. The molecule has 1 fully saturated rings. The van der Waals surface area contributed by atoms with Gasteiger partial charge in [-0.3, -0.25) is 9.78 Å². The average Bonchev–Trinajstić information content (AvgIpc) is 3.17. The van der Waals surface area contributed by atoms with E-state index in [2.05, 4.69) is 15.3 Å². The first-order valence-electron chi connectivity index (χ1n) is 7.00. The van der Waals surface area contributed by atoms with Gasteiger partial charge < -0.3 is 11.1 Å². The summed E-state index contributed by atoms with van der Waals surface area (Å²) >= 11 is 0. The molecule has 0 spiro atoms. The van der Waals surface area contributed by atoms with E-state index in [0.717, 1.165) is 17.8 Å². The molecular formula is C16H18N4O. The molecule has 2 heterocycles. The van der Waals surface area contributed by atoms with Crippen LogP contribution in [-0.4, -0.2) is 15.9 Å². The van der Waals surface area contributed by atoms with E-state index in [1.165, 1.54) is 5.56 Å². The van der Waals surface area contributed by atoms with Crippen molar-refractivity contribution in [2.75, 3.05) is 11.1 Å². The van der Waals surface area contributed by atoms with Crippen LogP contribution in [0.25, 0.3) is 0 Å². The van der Waals surface area contributed by atoms with Gasteiger partial charge in [-0.15, -0.1) is 0 Å². The van der Waals surface area contributed by atoms with Crippen molar-refractivity contribution < 1.29 is 4.79 Å². The molecule has 5 heteroatoms. The highest BCUT2D eigenvalue weighted by Crippen LogP contribution is 2.47. The van der Waals surface area contributed by atoms with Crippen molar-refractivity contribution in [3.8, 4) is 0 Å². The van der Waals surface area contributed by atoms with Crippen LogP contribution in [0.2, 0.25) is 0 Å². The number of carbonyl (C=O) groups excluding carboxylic acids is 1. The van der Waals surface area contributed by atoms with Crippen molar-refractivity contribution in [3.05, 3.63) is 47.4 Å². The predicted octanol–water partition coefficient (Wildman–Crippen LogP) is 2.42. The van der Waals surface area contributed by atoms with Crippen LogP contribution in [0, 0.1) is 19.8 Å². The van der Waals surface area contributed by atoms with Gasteiger partial charge in [0.2, 0.25) is 5.91 Å². The minimum absolute atomic E-state index is 0.00556. The van der Waals surface area contributed by atoms with Crippen molar-refractivity contribution in [1.82, 2.24) is 9.97 Å². The van der Waals surface area contributed by atoms with Gasteiger partial charge in [0.1, 0.15) is 5.82 Å². The maximum atomic E-state index is 12.3. The maximum Gasteiger partial charge on any atom is 0.228 e. The molecule has 1 unspecified atom stereocenters. The second-order valence-electron chi connectivity index (χ2n) is 5.62. The minimum atomic E-state index is -0.00556. The fraction of sp³-hybridized carbons (Fsp3) is 0.312. The Morgan fingerprint density at radius 3 is 2.86 bits per heavy atom. The van der Waals surface area contributed by atoms with Crippen LogP contribution in [0.5, 0.6) is 0 Å². The van der Waals surface area contributed by atoms with Gasteiger partial charge in [-0.2, -0.15) is 0 Å². The molecular weight excluding hydrogens is 264 g/mol. The van der Waals surface area contributed by atoms with Crippen LogP contribution in [0.15, 0.2) is 30.5 Å². The molecule has 2 atom stereocenters. The Labute approximate surface area is 123 Å². The van der Waals surface area contributed by atoms with Gasteiger partial charge in [-0.1, -0.05) is 0 Å². The summed E-state index contributed by atoms with van der Waals surface area (Å²) in [6.07, 6.45) is 2.65. The summed E-state index contributed by atoms with van der Waals surface area (Å²) in [5, 5.41) is 2.91. The summed E-state index contributed by atoms with van der Waals surface area (Å²) in [7, 11) is 0. The quantitative estimate of drug-likeness (QED) is 0.906. The Kier molecular flexibility index (Phi) is 3.33. The summed E-state index contributed by atoms with van der Waals surface area (Å²) in [6.45, 7) is 3.88. The van der Waals surface area contributed by atoms with Crippen molar-refractivity contribution >= 4 is 17.4 Å². The first kappa shape index (κ1) is 13.5. The standard InChI is InChI=1S/C16H18N4O/c1-9-3-4-18-14(5-9)12-8-13(12)16(21)20-11-6-10(2)19-15(17)7-11/h3-7,12-13H,8H2,1-2H3,(H3,17,19,20,21)/t12?,13-/m0/s1. The van der Waals surface area contributed by atoms with Crippen molar-refractivity contribution in [1.29, 1.82) is 0 Å². The average molecular weight is 282 g/mol. The zero-order valence-electron chi connectivity index (χ0n) is 12.1. The Morgan fingerprint density at radius 1 is 1.33 bits per heavy atom. The van der Waals surface area contributed by atoms with Gasteiger partial charge in [-0.05, 0) is 44.0 Å². The van der Waals surface area contributed by atoms with Gasteiger partial charge in [0.15, 0.2) is 0 Å². The van der Waals surface area contributed by atoms with E-state index in [1.54, 1.807) is 12.3 Å². The number of pyridine rings is 2. The van der Waals surface area contributed by atoms with E-state index in [-0.39, 0.29) is 17.7 Å². The van der Waals surface area contributed by atoms with Crippen LogP contribution in [0.4, 0.5) is 11.5 Å². The minimum Gasteiger partial charge on any atom is -0.384 e. The lowest BCUT2D eigenvalue weighted by Gasteiger charge is -2.07. The normalized spacial score (nSPS) is 20.1. The largest absolute Gasteiger partial charge is 0.384 e. The Bertz CT molecular complexity index is 678. The van der Waals surface area contributed by atoms with Gasteiger partial charge in [0, 0.05) is 41.2 Å². The van der Waals surface area contributed by atoms with E-state index in [1.807, 2.05) is 32.0 Å². The molecule has 3 rings (SSSR count). The number of anilines is 2. The van der Waals surface area contributed by atoms with Crippen LogP contribution >= 0.6 is 0 Å². The van der Waals surface area contributed by atoms with Gasteiger partial charge in [0.05, 0.1) is 0 Å². The highest BCUT2D eigenvalue weighted by atomic mass is 16.2. The molecule has 1 saturated carbocycles. The fourth-order valence-electron chi connectivity index (χ4n) is 2.58. The molecule has 5 nitrogen and oxygen atoms in total. The van der Waals surface area contributed by atoms with E-state index in [4.69, 9.17) is 5.73 Å². The third-order valence-corrected chi connectivity index (χ3v) is 3.68. The zero-order valence-corrected chi connectivity index (χ0v) is 12.1. The van der Waals surface area contributed by atoms with Gasteiger partial charge in [-0.25, -0.2) is 4.98 Å². The van der Waals surface area contributed by atoms with E-state index in [9.17, 15) is 4.79 Å². The molecule has 1 aliphatic rings. The first-order valence-corrected chi connectivity index (χ1v) is 7.00. The number of hydrogen-bond acceptors (Lipinski definition) is 4. The number of aryl methyl sites for hydroxylation is 2.